The van der Waals surface area contributed by atoms with Crippen molar-refractivity contribution in [3.05, 3.63) is 39.6 Å². The highest BCUT2D eigenvalue weighted by molar-refractivity contribution is 7.13. The van der Waals surface area contributed by atoms with E-state index in [0.29, 0.717) is 0 Å². The Labute approximate surface area is 111 Å². The van der Waals surface area contributed by atoms with Gasteiger partial charge < -0.3 is 0 Å². The molecule has 0 bridgehead atoms. The molecule has 1 heteroatoms. The molecule has 96 valence electrons. The first-order chi connectivity index (χ1) is 8.25. The molecular weight excluding hydrogens is 224 g/mol. The van der Waals surface area contributed by atoms with Crippen molar-refractivity contribution in [2.45, 2.75) is 54.4 Å². The molecule has 1 aliphatic rings. The molecule has 0 saturated carbocycles. The van der Waals surface area contributed by atoms with E-state index in [-0.39, 0.29) is 0 Å². The summed E-state index contributed by atoms with van der Waals surface area (Å²) in [4.78, 5) is 2.85. The second-order valence-corrected chi connectivity index (χ2v) is 4.90. The summed E-state index contributed by atoms with van der Waals surface area (Å²) in [6, 6.07) is 4.44. The van der Waals surface area contributed by atoms with E-state index in [2.05, 4.69) is 38.1 Å². The van der Waals surface area contributed by atoms with Crippen LogP contribution < -0.4 is 0 Å². The van der Waals surface area contributed by atoms with E-state index in [1.165, 1.54) is 33.7 Å². The standard InChI is InChI=1S/C12H14S.2C2H6/c1-9-3-6-11(7-4-9)12-8-5-10(2)13-12;2*1-2/h3,5-6,8H,4,7H2,1-2H3;2*1-2H3. The Morgan fingerprint density at radius 1 is 0.882 bits per heavy atom. The van der Waals surface area contributed by atoms with Crippen LogP contribution in [0.5, 0.6) is 0 Å². The molecule has 1 aliphatic carbocycles. The molecule has 0 atom stereocenters. The van der Waals surface area contributed by atoms with Gasteiger partial charge in [-0.3, -0.25) is 0 Å². The third kappa shape index (κ3) is 5.36. The molecular formula is C16H26S. The molecule has 0 nitrogen and oxygen atoms in total. The monoisotopic (exact) mass is 250 g/mol. The summed E-state index contributed by atoms with van der Waals surface area (Å²) in [5.74, 6) is 0. The van der Waals surface area contributed by atoms with Gasteiger partial charge in [-0.05, 0) is 44.4 Å². The van der Waals surface area contributed by atoms with E-state index in [1.807, 2.05) is 39.0 Å². The van der Waals surface area contributed by atoms with Crippen molar-refractivity contribution in [1.82, 2.24) is 0 Å². The van der Waals surface area contributed by atoms with Crippen LogP contribution in [0, 0.1) is 6.92 Å². The van der Waals surface area contributed by atoms with Crippen molar-refractivity contribution in [2.24, 2.45) is 0 Å². The van der Waals surface area contributed by atoms with Crippen LogP contribution in [-0.4, -0.2) is 0 Å². The van der Waals surface area contributed by atoms with Gasteiger partial charge in [0, 0.05) is 9.75 Å². The Kier molecular flexibility index (Phi) is 8.79. The van der Waals surface area contributed by atoms with Crippen molar-refractivity contribution in [3.8, 4) is 0 Å². The normalized spacial score (nSPS) is 13.5. The molecule has 17 heavy (non-hydrogen) atoms. The average molecular weight is 250 g/mol. The predicted octanol–water partition coefficient (Wildman–Crippen LogP) is 6.23. The topological polar surface area (TPSA) is 0 Å². The lowest BCUT2D eigenvalue weighted by Gasteiger charge is -2.09. The summed E-state index contributed by atoms with van der Waals surface area (Å²) >= 11 is 1.90. The van der Waals surface area contributed by atoms with E-state index in [9.17, 15) is 0 Å². The molecule has 0 amide bonds. The third-order valence-electron chi connectivity index (χ3n) is 2.41. The minimum absolute atomic E-state index is 1.21. The largest absolute Gasteiger partial charge is 0.141 e. The highest BCUT2D eigenvalue weighted by atomic mass is 32.1. The first kappa shape index (κ1) is 16.2. The number of thiophene rings is 1. The zero-order chi connectivity index (χ0) is 13.3. The van der Waals surface area contributed by atoms with Crippen LogP contribution in [0.1, 0.15) is 57.2 Å². The van der Waals surface area contributed by atoms with E-state index < -0.39 is 0 Å². The average Bonchev–Trinajstić information content (AvgIpc) is 2.82. The van der Waals surface area contributed by atoms with Gasteiger partial charge in [-0.1, -0.05) is 45.4 Å². The molecule has 0 fully saturated rings. The molecule has 2 rings (SSSR count). The second kappa shape index (κ2) is 9.23. The Bertz CT molecular complexity index is 367. The number of rotatable bonds is 1. The smallest absolute Gasteiger partial charge is 0.0305 e. The molecule has 1 aromatic heterocycles. The molecule has 0 aromatic carbocycles. The molecule has 0 saturated heterocycles. The Hall–Kier alpha value is -0.820. The van der Waals surface area contributed by atoms with Crippen molar-refractivity contribution < 1.29 is 0 Å². The molecule has 0 spiro atoms. The van der Waals surface area contributed by atoms with Crippen LogP contribution in [0.15, 0.2) is 29.9 Å². The lowest BCUT2D eigenvalue weighted by Crippen LogP contribution is -1.88. The summed E-state index contributed by atoms with van der Waals surface area (Å²) in [6.45, 7) is 12.4. The second-order valence-electron chi connectivity index (χ2n) is 3.62. The van der Waals surface area contributed by atoms with Gasteiger partial charge in [-0.2, -0.15) is 0 Å². The molecule has 1 heterocycles. The predicted molar refractivity (Wildman–Crippen MR) is 82.7 cm³/mol. The van der Waals surface area contributed by atoms with Crippen LogP contribution in [-0.2, 0) is 0 Å². The van der Waals surface area contributed by atoms with Gasteiger partial charge in [0.1, 0.15) is 0 Å². The van der Waals surface area contributed by atoms with Crippen LogP contribution >= 0.6 is 11.3 Å². The van der Waals surface area contributed by atoms with Crippen molar-refractivity contribution in [2.75, 3.05) is 0 Å². The maximum atomic E-state index is 2.27. The van der Waals surface area contributed by atoms with Crippen molar-refractivity contribution in [1.29, 1.82) is 0 Å². The lowest BCUT2D eigenvalue weighted by molar-refractivity contribution is 0.980. The fourth-order valence-electron chi connectivity index (χ4n) is 1.55. The SMILES string of the molecule is CC.CC.CC1=CC=C(c2ccc(C)s2)CC1. The number of hydrogen-bond donors (Lipinski definition) is 0. The quantitative estimate of drug-likeness (QED) is 0.554. The van der Waals surface area contributed by atoms with Gasteiger partial charge in [0.05, 0.1) is 0 Å². The van der Waals surface area contributed by atoms with Gasteiger partial charge in [-0.25, -0.2) is 0 Å². The van der Waals surface area contributed by atoms with Crippen LogP contribution in [0.3, 0.4) is 0 Å². The summed E-state index contributed by atoms with van der Waals surface area (Å²) in [6.07, 6.45) is 6.95. The van der Waals surface area contributed by atoms with Gasteiger partial charge in [0.2, 0.25) is 0 Å². The molecule has 1 aromatic rings. The highest BCUT2D eigenvalue weighted by Crippen LogP contribution is 2.30. The van der Waals surface area contributed by atoms with E-state index in [1.54, 1.807) is 0 Å². The van der Waals surface area contributed by atoms with Crippen LogP contribution in [0.25, 0.3) is 5.57 Å². The molecule has 0 aliphatic heterocycles. The molecule has 0 radical (unpaired) electrons. The van der Waals surface area contributed by atoms with Crippen molar-refractivity contribution >= 4 is 16.9 Å². The highest BCUT2D eigenvalue weighted by Gasteiger charge is 2.07. The van der Waals surface area contributed by atoms with Gasteiger partial charge in [0.25, 0.3) is 0 Å². The Morgan fingerprint density at radius 2 is 1.53 bits per heavy atom. The minimum Gasteiger partial charge on any atom is -0.141 e. The fourth-order valence-corrected chi connectivity index (χ4v) is 2.47. The Morgan fingerprint density at radius 3 is 1.94 bits per heavy atom. The fraction of sp³-hybridized carbons (Fsp3) is 0.500. The summed E-state index contributed by atoms with van der Waals surface area (Å²) < 4.78 is 0. The summed E-state index contributed by atoms with van der Waals surface area (Å²) in [7, 11) is 0. The zero-order valence-electron chi connectivity index (χ0n) is 12.1. The van der Waals surface area contributed by atoms with Gasteiger partial charge in [-0.15, -0.1) is 11.3 Å². The van der Waals surface area contributed by atoms with Gasteiger partial charge >= 0.3 is 0 Å². The van der Waals surface area contributed by atoms with E-state index in [0.717, 1.165) is 0 Å². The first-order valence-electron chi connectivity index (χ1n) is 6.69. The van der Waals surface area contributed by atoms with Crippen LogP contribution in [0.4, 0.5) is 0 Å². The first-order valence-corrected chi connectivity index (χ1v) is 7.50. The maximum absolute atomic E-state index is 2.27. The summed E-state index contributed by atoms with van der Waals surface area (Å²) in [5.41, 5.74) is 3.00. The zero-order valence-corrected chi connectivity index (χ0v) is 12.9. The molecule has 0 unspecified atom stereocenters. The van der Waals surface area contributed by atoms with E-state index >= 15 is 0 Å². The van der Waals surface area contributed by atoms with Crippen molar-refractivity contribution in [3.63, 3.8) is 0 Å². The van der Waals surface area contributed by atoms with Crippen LogP contribution in [0.2, 0.25) is 0 Å². The number of allylic oxidation sites excluding steroid dienone is 4. The lowest BCUT2D eigenvalue weighted by atomic mass is 9.99. The third-order valence-corrected chi connectivity index (χ3v) is 3.49. The number of hydrogen-bond acceptors (Lipinski definition) is 1. The maximum Gasteiger partial charge on any atom is 0.0305 e. The Balaban J connectivity index is 0.000000581. The minimum atomic E-state index is 1.21. The van der Waals surface area contributed by atoms with Gasteiger partial charge in [0.15, 0.2) is 0 Å². The molecule has 0 N–H and O–H groups in total. The van der Waals surface area contributed by atoms with E-state index in [4.69, 9.17) is 0 Å². The summed E-state index contributed by atoms with van der Waals surface area (Å²) in [5, 5.41) is 0. The number of aryl methyl sites for hydroxylation is 1.